The van der Waals surface area contributed by atoms with Crippen LogP contribution in [0.4, 0.5) is 8.78 Å². The lowest BCUT2D eigenvalue weighted by atomic mass is 9.72. The quantitative estimate of drug-likeness (QED) is 0.421. The molecule has 1 nitrogen and oxygen atoms in total. The van der Waals surface area contributed by atoms with Gasteiger partial charge in [0.25, 0.3) is 0 Å². The van der Waals surface area contributed by atoms with Crippen molar-refractivity contribution in [1.82, 2.24) is 0 Å². The second-order valence-electron chi connectivity index (χ2n) is 9.04. The standard InChI is InChI=1S/C28H28ClF2N/c1-5-9-18-12-13-21(17(3)32)24(27(18)31)25-23-16(2)28(4,20-10-7-6-8-11-20)15-19(23)14-22(30)26(25)29/h6-8,10-14,16H,3,5,9,15,32H2,1-2,4H3. The molecule has 1 aliphatic rings. The minimum absolute atomic E-state index is 0.0129. The molecular weight excluding hydrogens is 424 g/mol. The number of hydrogen-bond acceptors (Lipinski definition) is 1. The lowest BCUT2D eigenvalue weighted by Gasteiger charge is -2.31. The minimum Gasteiger partial charge on any atom is -0.399 e. The van der Waals surface area contributed by atoms with E-state index in [0.29, 0.717) is 29.5 Å². The summed E-state index contributed by atoms with van der Waals surface area (Å²) >= 11 is 6.58. The van der Waals surface area contributed by atoms with Crippen LogP contribution < -0.4 is 5.73 Å². The van der Waals surface area contributed by atoms with Crippen LogP contribution in [-0.2, 0) is 18.3 Å². The zero-order valence-corrected chi connectivity index (χ0v) is 19.5. The van der Waals surface area contributed by atoms with Gasteiger partial charge in [-0.1, -0.05) is 87.8 Å². The Hall–Kier alpha value is -2.65. The molecule has 0 aromatic heterocycles. The van der Waals surface area contributed by atoms with Crippen LogP contribution in [0.2, 0.25) is 5.02 Å². The third-order valence-electron chi connectivity index (χ3n) is 7.06. The first-order valence-electron chi connectivity index (χ1n) is 11.0. The van der Waals surface area contributed by atoms with Gasteiger partial charge in [-0.2, -0.15) is 0 Å². The fourth-order valence-corrected chi connectivity index (χ4v) is 5.46. The van der Waals surface area contributed by atoms with Gasteiger partial charge < -0.3 is 5.73 Å². The topological polar surface area (TPSA) is 26.0 Å². The first-order chi connectivity index (χ1) is 15.2. The molecule has 0 spiro atoms. The zero-order chi connectivity index (χ0) is 23.2. The third-order valence-corrected chi connectivity index (χ3v) is 7.43. The van der Waals surface area contributed by atoms with Crippen LogP contribution in [0.5, 0.6) is 0 Å². The van der Waals surface area contributed by atoms with Crippen molar-refractivity contribution in [2.24, 2.45) is 5.73 Å². The zero-order valence-electron chi connectivity index (χ0n) is 18.7. The summed E-state index contributed by atoms with van der Waals surface area (Å²) in [7, 11) is 0. The van der Waals surface area contributed by atoms with E-state index in [4.69, 9.17) is 17.3 Å². The molecule has 0 radical (unpaired) electrons. The molecule has 3 aromatic carbocycles. The van der Waals surface area contributed by atoms with Gasteiger partial charge in [-0.15, -0.1) is 0 Å². The van der Waals surface area contributed by atoms with Crippen LogP contribution in [0.15, 0.2) is 55.1 Å². The highest BCUT2D eigenvalue weighted by molar-refractivity contribution is 6.34. The van der Waals surface area contributed by atoms with Gasteiger partial charge in [0.05, 0.1) is 5.02 Å². The summed E-state index contributed by atoms with van der Waals surface area (Å²) in [5.74, 6) is -0.953. The van der Waals surface area contributed by atoms with E-state index in [-0.39, 0.29) is 27.6 Å². The molecule has 2 atom stereocenters. The Bertz CT molecular complexity index is 1200. The Labute approximate surface area is 193 Å². The van der Waals surface area contributed by atoms with E-state index < -0.39 is 11.6 Å². The lowest BCUT2D eigenvalue weighted by molar-refractivity contribution is 0.430. The normalized spacial score (nSPS) is 19.8. The Morgan fingerprint density at radius 3 is 2.47 bits per heavy atom. The van der Waals surface area contributed by atoms with Gasteiger partial charge in [0.2, 0.25) is 0 Å². The second kappa shape index (κ2) is 8.37. The fourth-order valence-electron chi connectivity index (χ4n) is 5.21. The average molecular weight is 452 g/mol. The minimum atomic E-state index is -0.543. The highest BCUT2D eigenvalue weighted by Crippen LogP contribution is 2.54. The van der Waals surface area contributed by atoms with E-state index >= 15 is 8.78 Å². The average Bonchev–Trinajstić information content (AvgIpc) is 3.02. The molecule has 0 saturated carbocycles. The van der Waals surface area contributed by atoms with E-state index in [1.165, 1.54) is 6.07 Å². The Morgan fingerprint density at radius 1 is 1.16 bits per heavy atom. The predicted octanol–water partition coefficient (Wildman–Crippen LogP) is 7.78. The van der Waals surface area contributed by atoms with Crippen LogP contribution in [0.3, 0.4) is 0 Å². The molecule has 0 saturated heterocycles. The summed E-state index contributed by atoms with van der Waals surface area (Å²) in [6.07, 6.45) is 2.00. The summed E-state index contributed by atoms with van der Waals surface area (Å²) in [5.41, 5.74) is 10.6. The molecule has 1 aliphatic carbocycles. The van der Waals surface area contributed by atoms with Gasteiger partial charge in [0, 0.05) is 27.8 Å². The number of benzene rings is 3. The number of hydrogen-bond donors (Lipinski definition) is 1. The molecule has 0 fully saturated rings. The van der Waals surface area contributed by atoms with Gasteiger partial charge in [-0.05, 0) is 47.1 Å². The van der Waals surface area contributed by atoms with Crippen LogP contribution in [-0.4, -0.2) is 0 Å². The summed E-state index contributed by atoms with van der Waals surface area (Å²) in [5, 5.41) is -0.0667. The molecule has 32 heavy (non-hydrogen) atoms. The van der Waals surface area contributed by atoms with E-state index in [2.05, 4.69) is 32.6 Å². The molecule has 166 valence electrons. The first-order valence-corrected chi connectivity index (χ1v) is 11.4. The number of fused-ring (bicyclic) bond motifs is 1. The molecule has 0 heterocycles. The molecular formula is C28H28ClF2N. The van der Waals surface area contributed by atoms with E-state index in [9.17, 15) is 0 Å². The number of rotatable bonds is 5. The Kier molecular flexibility index (Phi) is 5.89. The number of halogens is 3. The van der Waals surface area contributed by atoms with Gasteiger partial charge in [0.1, 0.15) is 11.6 Å². The fraction of sp³-hybridized carbons (Fsp3) is 0.286. The van der Waals surface area contributed by atoms with Crippen LogP contribution in [0.1, 0.15) is 60.9 Å². The Morgan fingerprint density at radius 2 is 1.84 bits per heavy atom. The van der Waals surface area contributed by atoms with Gasteiger partial charge in [-0.25, -0.2) is 8.78 Å². The van der Waals surface area contributed by atoms with Gasteiger partial charge in [0.15, 0.2) is 0 Å². The maximum absolute atomic E-state index is 15.9. The Balaban J connectivity index is 2.03. The SMILES string of the molecule is C=C(N)c1ccc(CCC)c(F)c1-c1c(Cl)c(F)cc2c1C(C)C(C)(c1ccccc1)C2. The highest BCUT2D eigenvalue weighted by atomic mass is 35.5. The maximum atomic E-state index is 15.9. The number of nitrogens with two attached hydrogens (primary N) is 1. The first kappa shape index (κ1) is 22.5. The number of aryl methyl sites for hydroxylation is 1. The maximum Gasteiger partial charge on any atom is 0.142 e. The molecule has 4 heteroatoms. The largest absolute Gasteiger partial charge is 0.399 e. The lowest BCUT2D eigenvalue weighted by Crippen LogP contribution is -2.25. The summed E-state index contributed by atoms with van der Waals surface area (Å²) in [6.45, 7) is 10.1. The molecule has 0 bridgehead atoms. The summed E-state index contributed by atoms with van der Waals surface area (Å²) < 4.78 is 31.0. The molecule has 0 aliphatic heterocycles. The van der Waals surface area contributed by atoms with Crippen molar-refractivity contribution in [2.75, 3.05) is 0 Å². The molecule has 4 rings (SSSR count). The van der Waals surface area contributed by atoms with Gasteiger partial charge >= 0.3 is 0 Å². The predicted molar refractivity (Wildman–Crippen MR) is 130 cm³/mol. The highest BCUT2D eigenvalue weighted by Gasteiger charge is 2.44. The van der Waals surface area contributed by atoms with E-state index in [0.717, 1.165) is 23.1 Å². The monoisotopic (exact) mass is 451 g/mol. The molecule has 0 amide bonds. The van der Waals surface area contributed by atoms with Crippen molar-refractivity contribution < 1.29 is 8.78 Å². The van der Waals surface area contributed by atoms with Crippen LogP contribution in [0, 0.1) is 11.6 Å². The molecule has 3 aromatic rings. The van der Waals surface area contributed by atoms with Crippen molar-refractivity contribution in [2.45, 2.75) is 51.4 Å². The van der Waals surface area contributed by atoms with Crippen molar-refractivity contribution >= 4 is 17.3 Å². The molecule has 2 N–H and O–H groups in total. The smallest absolute Gasteiger partial charge is 0.142 e. The van der Waals surface area contributed by atoms with E-state index in [1.807, 2.05) is 25.1 Å². The van der Waals surface area contributed by atoms with Crippen molar-refractivity contribution in [1.29, 1.82) is 0 Å². The summed E-state index contributed by atoms with van der Waals surface area (Å²) in [4.78, 5) is 0. The molecule has 2 unspecified atom stereocenters. The third kappa shape index (κ3) is 3.44. The van der Waals surface area contributed by atoms with Crippen LogP contribution >= 0.6 is 11.6 Å². The summed E-state index contributed by atoms with van der Waals surface area (Å²) in [6, 6.07) is 15.2. The van der Waals surface area contributed by atoms with Crippen LogP contribution in [0.25, 0.3) is 16.8 Å². The van der Waals surface area contributed by atoms with Gasteiger partial charge in [-0.3, -0.25) is 0 Å². The van der Waals surface area contributed by atoms with Crippen molar-refractivity contribution in [3.05, 3.63) is 99.6 Å². The van der Waals surface area contributed by atoms with E-state index in [1.54, 1.807) is 12.1 Å². The second-order valence-corrected chi connectivity index (χ2v) is 9.42. The van der Waals surface area contributed by atoms with Crippen molar-refractivity contribution in [3.63, 3.8) is 0 Å². The van der Waals surface area contributed by atoms with Crippen molar-refractivity contribution in [3.8, 4) is 11.1 Å².